The van der Waals surface area contributed by atoms with E-state index in [0.29, 0.717) is 24.0 Å². The van der Waals surface area contributed by atoms with Gasteiger partial charge in [-0.15, -0.1) is 10.2 Å². The van der Waals surface area contributed by atoms with Crippen molar-refractivity contribution in [1.82, 2.24) is 20.5 Å². The van der Waals surface area contributed by atoms with Gasteiger partial charge >= 0.3 is 0 Å². The smallest absolute Gasteiger partial charge is 0.266 e. The fourth-order valence-corrected chi connectivity index (χ4v) is 1.26. The number of hydrogen-bond donors (Lipinski definition) is 1. The molecule has 0 atom stereocenters. The molecule has 2 aromatic rings. The van der Waals surface area contributed by atoms with E-state index in [1.165, 1.54) is 0 Å². The third-order valence-electron chi connectivity index (χ3n) is 2.12. The van der Waals surface area contributed by atoms with Crippen LogP contribution in [-0.2, 0) is 6.54 Å². The maximum atomic E-state index is 5.52. The molecule has 0 unspecified atom stereocenters. The highest BCUT2D eigenvalue weighted by atomic mass is 16.4. The summed E-state index contributed by atoms with van der Waals surface area (Å²) in [6, 6.07) is 5.58. The summed E-state index contributed by atoms with van der Waals surface area (Å²) in [4.78, 5) is 4.15. The van der Waals surface area contributed by atoms with Gasteiger partial charge in [-0.2, -0.15) is 0 Å². The predicted molar refractivity (Wildman–Crippen MR) is 64.1 cm³/mol. The third-order valence-corrected chi connectivity index (χ3v) is 2.12. The Kier molecular flexibility index (Phi) is 3.19. The Morgan fingerprint density at radius 2 is 2.06 bits per heavy atom. The summed E-state index contributed by atoms with van der Waals surface area (Å²) in [6.45, 7) is 6.82. The second kappa shape index (κ2) is 4.63. The maximum Gasteiger partial charge on any atom is 0.266 e. The Morgan fingerprint density at radius 3 is 2.71 bits per heavy atom. The zero-order chi connectivity index (χ0) is 12.3. The number of pyridine rings is 1. The van der Waals surface area contributed by atoms with E-state index in [0.717, 1.165) is 0 Å². The largest absolute Gasteiger partial charge is 0.418 e. The summed E-state index contributed by atoms with van der Waals surface area (Å²) in [7, 11) is 0. The van der Waals surface area contributed by atoms with Crippen molar-refractivity contribution in [2.24, 2.45) is 0 Å². The Bertz CT molecular complexity index is 473. The SMILES string of the molecule is CC(C)(C)NCc1nnc(-c2ccccn2)o1. The highest BCUT2D eigenvalue weighted by Gasteiger charge is 2.13. The molecule has 0 aliphatic heterocycles. The molecule has 0 radical (unpaired) electrons. The lowest BCUT2D eigenvalue weighted by atomic mass is 10.1. The minimum atomic E-state index is 0.0274. The topological polar surface area (TPSA) is 63.8 Å². The van der Waals surface area contributed by atoms with Crippen LogP contribution in [0.2, 0.25) is 0 Å². The van der Waals surface area contributed by atoms with E-state index in [2.05, 4.69) is 41.3 Å². The molecule has 0 amide bonds. The monoisotopic (exact) mass is 232 g/mol. The summed E-state index contributed by atoms with van der Waals surface area (Å²) in [6.07, 6.45) is 1.70. The molecule has 0 saturated carbocycles. The van der Waals surface area contributed by atoms with Gasteiger partial charge in [0.05, 0.1) is 6.54 Å². The van der Waals surface area contributed by atoms with Gasteiger partial charge in [0.1, 0.15) is 5.69 Å². The number of nitrogens with zero attached hydrogens (tertiary/aromatic N) is 3. The van der Waals surface area contributed by atoms with Crippen molar-refractivity contribution >= 4 is 0 Å². The zero-order valence-electron chi connectivity index (χ0n) is 10.3. The van der Waals surface area contributed by atoms with Crippen LogP contribution in [0, 0.1) is 0 Å². The number of aromatic nitrogens is 3. The van der Waals surface area contributed by atoms with E-state index in [1.54, 1.807) is 6.20 Å². The van der Waals surface area contributed by atoms with Crippen LogP contribution < -0.4 is 5.32 Å². The molecule has 2 heterocycles. The van der Waals surface area contributed by atoms with Crippen LogP contribution in [0.25, 0.3) is 11.6 Å². The van der Waals surface area contributed by atoms with Crippen molar-refractivity contribution in [3.63, 3.8) is 0 Å². The number of hydrogen-bond acceptors (Lipinski definition) is 5. The van der Waals surface area contributed by atoms with E-state index in [1.807, 2.05) is 18.2 Å². The highest BCUT2D eigenvalue weighted by molar-refractivity contribution is 5.44. The van der Waals surface area contributed by atoms with E-state index in [4.69, 9.17) is 4.42 Å². The van der Waals surface area contributed by atoms with Gasteiger partial charge < -0.3 is 9.73 Å². The molecule has 0 saturated heterocycles. The average molecular weight is 232 g/mol. The quantitative estimate of drug-likeness (QED) is 0.877. The minimum Gasteiger partial charge on any atom is -0.418 e. The minimum absolute atomic E-state index is 0.0274. The molecule has 90 valence electrons. The van der Waals surface area contributed by atoms with Crippen LogP contribution in [0.5, 0.6) is 0 Å². The molecule has 0 aliphatic rings. The van der Waals surface area contributed by atoms with Crippen LogP contribution in [0.1, 0.15) is 26.7 Å². The maximum absolute atomic E-state index is 5.52. The van der Waals surface area contributed by atoms with Crippen LogP contribution >= 0.6 is 0 Å². The Labute approximate surface area is 100 Å². The molecule has 0 aromatic carbocycles. The first kappa shape index (κ1) is 11.7. The molecule has 17 heavy (non-hydrogen) atoms. The van der Waals surface area contributed by atoms with Crippen molar-refractivity contribution in [3.8, 4) is 11.6 Å². The number of nitrogens with one attached hydrogen (secondary N) is 1. The standard InChI is InChI=1S/C12H16N4O/c1-12(2,3)14-8-10-15-16-11(17-10)9-6-4-5-7-13-9/h4-7,14H,8H2,1-3H3. The van der Waals surface area contributed by atoms with Crippen LogP contribution in [-0.4, -0.2) is 20.7 Å². The first-order valence-electron chi connectivity index (χ1n) is 5.53. The molecular weight excluding hydrogens is 216 g/mol. The summed E-state index contributed by atoms with van der Waals surface area (Å²) >= 11 is 0. The van der Waals surface area contributed by atoms with Crippen molar-refractivity contribution in [1.29, 1.82) is 0 Å². The summed E-state index contributed by atoms with van der Waals surface area (Å²) in [5, 5.41) is 11.2. The lowest BCUT2D eigenvalue weighted by molar-refractivity contribution is 0.383. The van der Waals surface area contributed by atoms with Crippen molar-refractivity contribution in [2.75, 3.05) is 0 Å². The molecule has 0 spiro atoms. The fraction of sp³-hybridized carbons (Fsp3) is 0.417. The second-order valence-electron chi connectivity index (χ2n) is 4.82. The molecular formula is C12H16N4O. The van der Waals surface area contributed by atoms with Gasteiger partial charge in [0, 0.05) is 11.7 Å². The molecule has 0 fully saturated rings. The average Bonchev–Trinajstić information content (AvgIpc) is 2.75. The van der Waals surface area contributed by atoms with Crippen LogP contribution in [0.4, 0.5) is 0 Å². The first-order chi connectivity index (χ1) is 8.04. The molecule has 5 nitrogen and oxygen atoms in total. The highest BCUT2D eigenvalue weighted by Crippen LogP contribution is 2.14. The molecule has 5 heteroatoms. The zero-order valence-corrected chi connectivity index (χ0v) is 10.3. The van der Waals surface area contributed by atoms with Crippen LogP contribution in [0.15, 0.2) is 28.8 Å². The van der Waals surface area contributed by atoms with Crippen molar-refractivity contribution in [2.45, 2.75) is 32.9 Å². The fourth-order valence-electron chi connectivity index (χ4n) is 1.26. The lowest BCUT2D eigenvalue weighted by Crippen LogP contribution is -2.35. The third kappa shape index (κ3) is 3.35. The molecule has 2 aromatic heterocycles. The van der Waals surface area contributed by atoms with E-state index >= 15 is 0 Å². The van der Waals surface area contributed by atoms with Gasteiger partial charge in [-0.05, 0) is 32.9 Å². The van der Waals surface area contributed by atoms with Crippen molar-refractivity contribution in [3.05, 3.63) is 30.3 Å². The molecule has 0 aliphatic carbocycles. The van der Waals surface area contributed by atoms with Gasteiger partial charge in [0.15, 0.2) is 0 Å². The molecule has 0 bridgehead atoms. The molecule has 1 N–H and O–H groups in total. The summed E-state index contributed by atoms with van der Waals surface area (Å²) in [5.74, 6) is 1.02. The Morgan fingerprint density at radius 1 is 1.24 bits per heavy atom. The van der Waals surface area contributed by atoms with Gasteiger partial charge in [-0.25, -0.2) is 0 Å². The number of rotatable bonds is 3. The van der Waals surface area contributed by atoms with E-state index in [9.17, 15) is 0 Å². The summed E-state index contributed by atoms with van der Waals surface area (Å²) < 4.78 is 5.52. The van der Waals surface area contributed by atoms with Gasteiger partial charge in [0.2, 0.25) is 5.89 Å². The second-order valence-corrected chi connectivity index (χ2v) is 4.82. The van der Waals surface area contributed by atoms with E-state index in [-0.39, 0.29) is 5.54 Å². The lowest BCUT2D eigenvalue weighted by Gasteiger charge is -2.18. The van der Waals surface area contributed by atoms with Crippen LogP contribution in [0.3, 0.4) is 0 Å². The predicted octanol–water partition coefficient (Wildman–Crippen LogP) is 2.02. The Balaban J connectivity index is 2.07. The normalized spacial score (nSPS) is 11.7. The van der Waals surface area contributed by atoms with Gasteiger partial charge in [-0.3, -0.25) is 4.98 Å². The van der Waals surface area contributed by atoms with Gasteiger partial charge in [-0.1, -0.05) is 6.07 Å². The molecule has 2 rings (SSSR count). The first-order valence-corrected chi connectivity index (χ1v) is 5.53. The Hall–Kier alpha value is -1.75. The summed E-state index contributed by atoms with van der Waals surface area (Å²) in [5.41, 5.74) is 0.724. The van der Waals surface area contributed by atoms with Gasteiger partial charge in [0.25, 0.3) is 5.89 Å². The van der Waals surface area contributed by atoms with Crippen molar-refractivity contribution < 1.29 is 4.42 Å². The van der Waals surface area contributed by atoms with E-state index < -0.39 is 0 Å².